The molecule has 0 aromatic heterocycles. The molecular weight excluding hydrogens is 275 g/mol. The number of esters is 2. The maximum Gasteiger partial charge on any atom is 0.337 e. The summed E-state index contributed by atoms with van der Waals surface area (Å²) in [6.07, 6.45) is 3.69. The largest absolute Gasteiger partial charge is 0.469 e. The minimum Gasteiger partial charge on any atom is -0.469 e. The molecule has 1 aromatic rings. The van der Waals surface area contributed by atoms with Crippen LogP contribution in [0.4, 0.5) is 4.39 Å². The Bertz CT molecular complexity index is 561. The van der Waals surface area contributed by atoms with Crippen LogP contribution in [0.1, 0.15) is 36.2 Å². The number of rotatable bonds is 5. The molecular formula is C16H19FO4. The first-order valence-corrected chi connectivity index (χ1v) is 6.44. The van der Waals surface area contributed by atoms with E-state index in [-0.39, 0.29) is 11.5 Å². The van der Waals surface area contributed by atoms with Gasteiger partial charge in [-0.25, -0.2) is 9.18 Å². The lowest BCUT2D eigenvalue weighted by atomic mass is 9.89. The molecule has 0 aliphatic carbocycles. The summed E-state index contributed by atoms with van der Waals surface area (Å²) in [7, 11) is 2.57. The van der Waals surface area contributed by atoms with Crippen LogP contribution in [-0.4, -0.2) is 26.2 Å². The van der Waals surface area contributed by atoms with Crippen LogP contribution in [0.3, 0.4) is 0 Å². The topological polar surface area (TPSA) is 52.6 Å². The standard InChI is InChI=1S/C16H19FO4/c1-16(2,15(19)21-4)9-5-6-11-7-8-12(10-13(11)17)14(18)20-3/h5-8,10H,9H2,1-4H3/b6-5+. The monoisotopic (exact) mass is 294 g/mol. The molecule has 4 nitrogen and oxygen atoms in total. The summed E-state index contributed by atoms with van der Waals surface area (Å²) in [4.78, 5) is 22.8. The third kappa shape index (κ3) is 4.41. The Morgan fingerprint density at radius 2 is 1.90 bits per heavy atom. The van der Waals surface area contributed by atoms with Crippen LogP contribution in [0.5, 0.6) is 0 Å². The fourth-order valence-electron chi connectivity index (χ4n) is 1.75. The molecule has 21 heavy (non-hydrogen) atoms. The van der Waals surface area contributed by atoms with Crippen molar-refractivity contribution in [2.75, 3.05) is 14.2 Å². The van der Waals surface area contributed by atoms with E-state index < -0.39 is 17.2 Å². The fraction of sp³-hybridized carbons (Fsp3) is 0.375. The quantitative estimate of drug-likeness (QED) is 0.782. The SMILES string of the molecule is COC(=O)c1ccc(/C=C/CC(C)(C)C(=O)OC)c(F)c1. The van der Waals surface area contributed by atoms with Crippen molar-refractivity contribution in [1.82, 2.24) is 0 Å². The fourth-order valence-corrected chi connectivity index (χ4v) is 1.75. The number of carbonyl (C=O) groups is 2. The Balaban J connectivity index is 2.82. The number of benzene rings is 1. The minimum atomic E-state index is -0.673. The van der Waals surface area contributed by atoms with Gasteiger partial charge in [-0.2, -0.15) is 0 Å². The number of hydrogen-bond donors (Lipinski definition) is 0. The van der Waals surface area contributed by atoms with E-state index in [2.05, 4.69) is 4.74 Å². The van der Waals surface area contributed by atoms with Gasteiger partial charge in [-0.3, -0.25) is 4.79 Å². The van der Waals surface area contributed by atoms with E-state index in [0.29, 0.717) is 12.0 Å². The summed E-state index contributed by atoms with van der Waals surface area (Å²) in [6, 6.07) is 4.10. The summed E-state index contributed by atoms with van der Waals surface area (Å²) in [5.74, 6) is -1.44. The number of carbonyl (C=O) groups excluding carboxylic acids is 2. The molecule has 0 saturated heterocycles. The molecule has 5 heteroatoms. The lowest BCUT2D eigenvalue weighted by Crippen LogP contribution is -2.24. The van der Waals surface area contributed by atoms with Crippen LogP contribution in [0.2, 0.25) is 0 Å². The molecule has 0 radical (unpaired) electrons. The second-order valence-electron chi connectivity index (χ2n) is 5.21. The Kier molecular flexibility index (Phi) is 5.64. The normalized spacial score (nSPS) is 11.5. The molecule has 0 atom stereocenters. The van der Waals surface area contributed by atoms with Gasteiger partial charge in [0.1, 0.15) is 5.82 Å². The van der Waals surface area contributed by atoms with E-state index >= 15 is 0 Å². The maximum absolute atomic E-state index is 13.8. The Morgan fingerprint density at radius 1 is 1.24 bits per heavy atom. The number of methoxy groups -OCH3 is 2. The molecule has 0 aliphatic rings. The van der Waals surface area contributed by atoms with Gasteiger partial charge in [0.15, 0.2) is 0 Å². The van der Waals surface area contributed by atoms with Crippen LogP contribution in [0.15, 0.2) is 24.3 Å². The van der Waals surface area contributed by atoms with Gasteiger partial charge in [-0.1, -0.05) is 18.2 Å². The van der Waals surface area contributed by atoms with Gasteiger partial charge in [0.05, 0.1) is 25.2 Å². The zero-order valence-corrected chi connectivity index (χ0v) is 12.6. The van der Waals surface area contributed by atoms with Gasteiger partial charge in [0.2, 0.25) is 0 Å². The Labute approximate surface area is 123 Å². The van der Waals surface area contributed by atoms with Gasteiger partial charge in [-0.15, -0.1) is 0 Å². The average Bonchev–Trinajstić information content (AvgIpc) is 2.46. The van der Waals surface area contributed by atoms with Crippen LogP contribution in [-0.2, 0) is 14.3 Å². The molecule has 0 bridgehead atoms. The highest BCUT2D eigenvalue weighted by Crippen LogP contribution is 2.23. The highest BCUT2D eigenvalue weighted by atomic mass is 19.1. The van der Waals surface area contributed by atoms with Crippen molar-refractivity contribution >= 4 is 18.0 Å². The smallest absolute Gasteiger partial charge is 0.337 e. The molecule has 1 rings (SSSR count). The molecule has 0 unspecified atom stereocenters. The van der Waals surface area contributed by atoms with E-state index in [9.17, 15) is 14.0 Å². The van der Waals surface area contributed by atoms with Crippen LogP contribution in [0.25, 0.3) is 6.08 Å². The third-order valence-electron chi connectivity index (χ3n) is 3.09. The Hall–Kier alpha value is -2.17. The van der Waals surface area contributed by atoms with Crippen molar-refractivity contribution in [3.8, 4) is 0 Å². The molecule has 0 N–H and O–H groups in total. The van der Waals surface area contributed by atoms with Crippen molar-refractivity contribution in [1.29, 1.82) is 0 Å². The third-order valence-corrected chi connectivity index (χ3v) is 3.09. The predicted molar refractivity (Wildman–Crippen MR) is 77.2 cm³/mol. The van der Waals surface area contributed by atoms with E-state index in [1.165, 1.54) is 26.4 Å². The maximum atomic E-state index is 13.8. The average molecular weight is 294 g/mol. The van der Waals surface area contributed by atoms with Crippen molar-refractivity contribution in [2.24, 2.45) is 5.41 Å². The number of allylic oxidation sites excluding steroid dienone is 1. The van der Waals surface area contributed by atoms with E-state index in [1.807, 2.05) is 0 Å². The van der Waals surface area contributed by atoms with Crippen molar-refractivity contribution in [3.05, 3.63) is 41.2 Å². The molecule has 0 fully saturated rings. The number of halogens is 1. The summed E-state index contributed by atoms with van der Waals surface area (Å²) >= 11 is 0. The Morgan fingerprint density at radius 3 is 2.43 bits per heavy atom. The first-order chi connectivity index (χ1) is 9.81. The lowest BCUT2D eigenvalue weighted by molar-refractivity contribution is -0.150. The predicted octanol–water partition coefficient (Wildman–Crippen LogP) is 3.21. The molecule has 0 amide bonds. The molecule has 0 aliphatic heterocycles. The lowest BCUT2D eigenvalue weighted by Gasteiger charge is -2.18. The van der Waals surface area contributed by atoms with Crippen molar-refractivity contribution in [2.45, 2.75) is 20.3 Å². The molecule has 1 aromatic carbocycles. The van der Waals surface area contributed by atoms with Gasteiger partial charge < -0.3 is 9.47 Å². The van der Waals surface area contributed by atoms with Gasteiger partial charge >= 0.3 is 11.9 Å². The minimum absolute atomic E-state index is 0.155. The molecule has 0 heterocycles. The van der Waals surface area contributed by atoms with Crippen LogP contribution < -0.4 is 0 Å². The number of ether oxygens (including phenoxy) is 2. The van der Waals surface area contributed by atoms with E-state index in [1.54, 1.807) is 26.0 Å². The second kappa shape index (κ2) is 7.02. The molecule has 0 spiro atoms. The van der Waals surface area contributed by atoms with Crippen LogP contribution >= 0.6 is 0 Å². The van der Waals surface area contributed by atoms with Crippen molar-refractivity contribution < 1.29 is 23.5 Å². The van der Waals surface area contributed by atoms with Gasteiger partial charge in [0.25, 0.3) is 0 Å². The summed E-state index contributed by atoms with van der Waals surface area (Å²) in [5, 5.41) is 0. The first kappa shape index (κ1) is 16.9. The summed E-state index contributed by atoms with van der Waals surface area (Å²) < 4.78 is 23.1. The van der Waals surface area contributed by atoms with Gasteiger partial charge in [-0.05, 0) is 32.4 Å². The molecule has 114 valence electrons. The summed E-state index contributed by atoms with van der Waals surface area (Å²) in [5.41, 5.74) is -0.182. The van der Waals surface area contributed by atoms with E-state index in [4.69, 9.17) is 4.74 Å². The van der Waals surface area contributed by atoms with Crippen molar-refractivity contribution in [3.63, 3.8) is 0 Å². The van der Waals surface area contributed by atoms with E-state index in [0.717, 1.165) is 6.07 Å². The highest BCUT2D eigenvalue weighted by Gasteiger charge is 2.26. The summed E-state index contributed by atoms with van der Waals surface area (Å²) in [6.45, 7) is 3.50. The zero-order chi connectivity index (χ0) is 16.0. The second-order valence-corrected chi connectivity index (χ2v) is 5.21. The van der Waals surface area contributed by atoms with Gasteiger partial charge in [0, 0.05) is 5.56 Å². The number of hydrogen-bond acceptors (Lipinski definition) is 4. The van der Waals surface area contributed by atoms with Crippen LogP contribution in [0, 0.1) is 11.2 Å². The highest BCUT2D eigenvalue weighted by molar-refractivity contribution is 5.89. The first-order valence-electron chi connectivity index (χ1n) is 6.44. The zero-order valence-electron chi connectivity index (χ0n) is 12.6. The molecule has 0 saturated carbocycles.